The molecule has 4 nitrogen and oxygen atoms in total. The van der Waals surface area contributed by atoms with Crippen LogP contribution in [-0.4, -0.2) is 33.3 Å². The van der Waals surface area contributed by atoms with E-state index < -0.39 is 9.84 Å². The molecule has 0 spiro atoms. The number of hydrogen-bond acceptors (Lipinski definition) is 4. The van der Waals surface area contributed by atoms with E-state index in [1.807, 2.05) is 19.1 Å². The van der Waals surface area contributed by atoms with E-state index in [2.05, 4.69) is 11.8 Å². The minimum atomic E-state index is -3.13. The lowest BCUT2D eigenvalue weighted by molar-refractivity contribution is 0.367. The van der Waals surface area contributed by atoms with Crippen molar-refractivity contribution in [1.29, 1.82) is 0 Å². The molecule has 0 radical (unpaired) electrons. The minimum absolute atomic E-state index is 0.207. The van der Waals surface area contributed by atoms with Crippen LogP contribution >= 0.6 is 0 Å². The van der Waals surface area contributed by atoms with Gasteiger partial charge in [-0.3, -0.25) is 0 Å². The number of piperidine rings is 1. The van der Waals surface area contributed by atoms with Crippen LogP contribution in [0.3, 0.4) is 0 Å². The number of rotatable bonds is 5. The summed E-state index contributed by atoms with van der Waals surface area (Å²) in [6.07, 6.45) is 2.90. The smallest absolute Gasteiger partial charge is 0.178 e. The van der Waals surface area contributed by atoms with Gasteiger partial charge >= 0.3 is 0 Å². The van der Waals surface area contributed by atoms with Gasteiger partial charge in [-0.05, 0) is 49.4 Å². The van der Waals surface area contributed by atoms with E-state index in [1.165, 1.54) is 0 Å². The molecule has 2 rings (SSSR count). The molecule has 0 aromatic heterocycles. The Morgan fingerprint density at radius 2 is 1.95 bits per heavy atom. The van der Waals surface area contributed by atoms with Crippen LogP contribution in [0.1, 0.15) is 33.1 Å². The summed E-state index contributed by atoms with van der Waals surface area (Å²) in [4.78, 5) is 2.73. The number of hydrogen-bond donors (Lipinski definition) is 1. The Morgan fingerprint density at radius 1 is 1.29 bits per heavy atom. The predicted molar refractivity (Wildman–Crippen MR) is 87.4 cm³/mol. The van der Waals surface area contributed by atoms with Crippen molar-refractivity contribution in [2.24, 2.45) is 11.7 Å². The second-order valence-corrected chi connectivity index (χ2v) is 8.13. The summed E-state index contributed by atoms with van der Waals surface area (Å²) in [6, 6.07) is 7.65. The molecule has 0 amide bonds. The van der Waals surface area contributed by atoms with Crippen molar-refractivity contribution >= 4 is 15.5 Å². The molecule has 21 heavy (non-hydrogen) atoms. The van der Waals surface area contributed by atoms with Crippen molar-refractivity contribution in [1.82, 2.24) is 0 Å². The Balaban J connectivity index is 2.19. The number of nitrogens with zero attached hydrogens (tertiary/aromatic N) is 1. The third-order valence-corrected chi connectivity index (χ3v) is 6.19. The van der Waals surface area contributed by atoms with Crippen molar-refractivity contribution in [2.45, 2.75) is 44.0 Å². The average Bonchev–Trinajstić information content (AvgIpc) is 2.47. The second-order valence-electron chi connectivity index (χ2n) is 6.03. The van der Waals surface area contributed by atoms with Crippen LogP contribution in [0.4, 0.5) is 5.69 Å². The van der Waals surface area contributed by atoms with Gasteiger partial charge in [-0.15, -0.1) is 0 Å². The third kappa shape index (κ3) is 3.77. The molecule has 0 aliphatic carbocycles. The van der Waals surface area contributed by atoms with Gasteiger partial charge in [0.15, 0.2) is 9.84 Å². The quantitative estimate of drug-likeness (QED) is 0.907. The average molecular weight is 310 g/mol. The lowest BCUT2D eigenvalue weighted by atomic mass is 9.92. The standard InChI is InChI=1S/C16H26N2O2S/c1-3-10-21(19,20)16-6-4-14(5-7-16)18-9-8-13(2)11-15(18)12-17/h4-7,13,15H,3,8-12,17H2,1-2H3. The Kier molecular flexibility index (Phi) is 5.27. The normalized spacial score (nSPS) is 23.3. The second kappa shape index (κ2) is 6.79. The molecule has 2 atom stereocenters. The van der Waals surface area contributed by atoms with E-state index in [4.69, 9.17) is 5.73 Å². The number of anilines is 1. The fourth-order valence-corrected chi connectivity index (χ4v) is 4.37. The molecule has 5 heteroatoms. The topological polar surface area (TPSA) is 63.4 Å². The molecule has 118 valence electrons. The van der Waals surface area contributed by atoms with Crippen LogP contribution in [0.2, 0.25) is 0 Å². The Labute approximate surface area is 128 Å². The van der Waals surface area contributed by atoms with Gasteiger partial charge in [0, 0.05) is 24.8 Å². The van der Waals surface area contributed by atoms with Crippen molar-refractivity contribution in [2.75, 3.05) is 23.7 Å². The predicted octanol–water partition coefficient (Wildman–Crippen LogP) is 2.43. The molecule has 1 fully saturated rings. The highest BCUT2D eigenvalue weighted by molar-refractivity contribution is 7.91. The highest BCUT2D eigenvalue weighted by Gasteiger charge is 2.25. The zero-order valence-corrected chi connectivity index (χ0v) is 13.8. The zero-order valence-electron chi connectivity index (χ0n) is 13.0. The Hall–Kier alpha value is -1.07. The lowest BCUT2D eigenvalue weighted by Crippen LogP contribution is -2.46. The van der Waals surface area contributed by atoms with Gasteiger partial charge in [-0.1, -0.05) is 13.8 Å². The SMILES string of the molecule is CCCS(=O)(=O)c1ccc(N2CCC(C)CC2CN)cc1. The van der Waals surface area contributed by atoms with E-state index in [-0.39, 0.29) is 5.75 Å². The maximum Gasteiger partial charge on any atom is 0.178 e. The molecule has 2 unspecified atom stereocenters. The van der Waals surface area contributed by atoms with Crippen LogP contribution in [0.5, 0.6) is 0 Å². The monoisotopic (exact) mass is 310 g/mol. The maximum atomic E-state index is 12.0. The van der Waals surface area contributed by atoms with Crippen molar-refractivity contribution in [3.05, 3.63) is 24.3 Å². The largest absolute Gasteiger partial charge is 0.367 e. The van der Waals surface area contributed by atoms with Crippen LogP contribution in [0.15, 0.2) is 29.2 Å². The zero-order chi connectivity index (χ0) is 15.5. The summed E-state index contributed by atoms with van der Waals surface area (Å²) in [5, 5.41) is 0. The summed E-state index contributed by atoms with van der Waals surface area (Å²) >= 11 is 0. The van der Waals surface area contributed by atoms with E-state index in [1.54, 1.807) is 12.1 Å². The molecule has 0 saturated carbocycles. The molecule has 2 N–H and O–H groups in total. The van der Waals surface area contributed by atoms with Gasteiger partial charge in [-0.25, -0.2) is 8.42 Å². The summed E-state index contributed by atoms with van der Waals surface area (Å²) in [5.74, 6) is 0.915. The fraction of sp³-hybridized carbons (Fsp3) is 0.625. The van der Waals surface area contributed by atoms with Crippen molar-refractivity contribution < 1.29 is 8.42 Å². The first-order valence-corrected chi connectivity index (χ1v) is 9.42. The molecular formula is C16H26N2O2S. The highest BCUT2D eigenvalue weighted by Crippen LogP contribution is 2.28. The summed E-state index contributed by atoms with van der Waals surface area (Å²) < 4.78 is 24.1. The third-order valence-electron chi connectivity index (χ3n) is 4.25. The van der Waals surface area contributed by atoms with Gasteiger partial charge in [0.1, 0.15) is 0 Å². The Bertz CT molecular complexity index is 554. The molecule has 1 heterocycles. The summed E-state index contributed by atoms with van der Waals surface area (Å²) in [7, 11) is -3.13. The van der Waals surface area contributed by atoms with E-state index in [0.29, 0.717) is 29.8 Å². The van der Waals surface area contributed by atoms with Crippen LogP contribution < -0.4 is 10.6 Å². The van der Waals surface area contributed by atoms with Gasteiger partial charge < -0.3 is 10.6 Å². The number of sulfone groups is 1. The highest BCUT2D eigenvalue weighted by atomic mass is 32.2. The summed E-state index contributed by atoms with van der Waals surface area (Å²) in [6.45, 7) is 5.78. The van der Waals surface area contributed by atoms with Gasteiger partial charge in [-0.2, -0.15) is 0 Å². The summed E-state index contributed by atoms with van der Waals surface area (Å²) in [5.41, 5.74) is 6.97. The van der Waals surface area contributed by atoms with Crippen LogP contribution in [0.25, 0.3) is 0 Å². The van der Waals surface area contributed by atoms with E-state index in [9.17, 15) is 8.42 Å². The van der Waals surface area contributed by atoms with Gasteiger partial charge in [0.2, 0.25) is 0 Å². The van der Waals surface area contributed by atoms with Crippen molar-refractivity contribution in [3.63, 3.8) is 0 Å². The first-order chi connectivity index (χ1) is 9.97. The molecular weight excluding hydrogens is 284 g/mol. The van der Waals surface area contributed by atoms with E-state index in [0.717, 1.165) is 25.1 Å². The number of benzene rings is 1. The Morgan fingerprint density at radius 3 is 2.52 bits per heavy atom. The molecule has 1 aliphatic rings. The number of nitrogens with two attached hydrogens (primary N) is 1. The minimum Gasteiger partial charge on any atom is -0.367 e. The molecule has 1 aromatic carbocycles. The van der Waals surface area contributed by atoms with E-state index >= 15 is 0 Å². The van der Waals surface area contributed by atoms with Crippen LogP contribution in [-0.2, 0) is 9.84 Å². The van der Waals surface area contributed by atoms with Crippen LogP contribution in [0, 0.1) is 5.92 Å². The fourth-order valence-electron chi connectivity index (χ4n) is 3.05. The first-order valence-electron chi connectivity index (χ1n) is 7.77. The molecule has 1 saturated heterocycles. The first kappa shape index (κ1) is 16.3. The molecule has 0 bridgehead atoms. The van der Waals surface area contributed by atoms with Gasteiger partial charge in [0.25, 0.3) is 0 Å². The van der Waals surface area contributed by atoms with Crippen molar-refractivity contribution in [3.8, 4) is 0 Å². The molecule has 1 aromatic rings. The lowest BCUT2D eigenvalue weighted by Gasteiger charge is -2.39. The van der Waals surface area contributed by atoms with Gasteiger partial charge in [0.05, 0.1) is 10.6 Å². The molecule has 1 aliphatic heterocycles. The maximum absolute atomic E-state index is 12.0.